The summed E-state index contributed by atoms with van der Waals surface area (Å²) in [4.78, 5) is 3.53. The molecule has 3 aromatic rings. The van der Waals surface area contributed by atoms with Crippen molar-refractivity contribution in [3.63, 3.8) is 0 Å². The lowest BCUT2D eigenvalue weighted by Crippen LogP contribution is -1.88. The molecule has 0 amide bonds. The number of aromatic nitrogens is 1. The van der Waals surface area contributed by atoms with Crippen molar-refractivity contribution < 1.29 is 0 Å². The van der Waals surface area contributed by atoms with Gasteiger partial charge in [-0.25, -0.2) is 0 Å². The van der Waals surface area contributed by atoms with E-state index in [-0.39, 0.29) is 0 Å². The fourth-order valence-electron chi connectivity index (χ4n) is 2.59. The van der Waals surface area contributed by atoms with Crippen molar-refractivity contribution in [3.05, 3.63) is 58.7 Å². The molecule has 0 unspecified atom stereocenters. The first-order valence-electron chi connectivity index (χ1n) is 6.72. The van der Waals surface area contributed by atoms with Crippen LogP contribution in [0.25, 0.3) is 22.2 Å². The Labute approximate surface area is 114 Å². The molecule has 0 atom stereocenters. The summed E-state index contributed by atoms with van der Waals surface area (Å²) in [6.07, 6.45) is 0. The predicted octanol–water partition coefficient (Wildman–Crippen LogP) is 5.07. The zero-order valence-corrected chi connectivity index (χ0v) is 12.0. The van der Waals surface area contributed by atoms with Crippen LogP contribution in [-0.4, -0.2) is 4.98 Å². The maximum absolute atomic E-state index is 3.53. The Morgan fingerprint density at radius 3 is 2.16 bits per heavy atom. The van der Waals surface area contributed by atoms with Crippen LogP contribution >= 0.6 is 0 Å². The Hall–Kier alpha value is -2.02. The molecule has 1 nitrogen and oxygen atoms in total. The van der Waals surface area contributed by atoms with E-state index in [9.17, 15) is 0 Å². The molecule has 0 saturated carbocycles. The largest absolute Gasteiger partial charge is 0.355 e. The number of nitrogens with one attached hydrogen (secondary N) is 1. The lowest BCUT2D eigenvalue weighted by molar-refractivity contribution is 1.26. The van der Waals surface area contributed by atoms with Crippen molar-refractivity contribution in [3.8, 4) is 11.3 Å². The van der Waals surface area contributed by atoms with E-state index >= 15 is 0 Å². The minimum atomic E-state index is 1.20. The monoisotopic (exact) mass is 249 g/mol. The first-order chi connectivity index (χ1) is 9.04. The third kappa shape index (κ3) is 2.06. The molecule has 1 heteroatoms. The third-order valence-electron chi connectivity index (χ3n) is 4.02. The molecule has 0 aliphatic carbocycles. The SMILES string of the molecule is Cc1ccc2cc(-c3cc(C)c(C)c(C)c3)[nH]c2c1. The van der Waals surface area contributed by atoms with Crippen LogP contribution in [0.15, 0.2) is 36.4 Å². The number of benzene rings is 2. The first kappa shape index (κ1) is 12.0. The average Bonchev–Trinajstić information content (AvgIpc) is 2.78. The highest BCUT2D eigenvalue weighted by Gasteiger charge is 2.06. The van der Waals surface area contributed by atoms with E-state index in [1.165, 1.54) is 44.4 Å². The quantitative estimate of drug-likeness (QED) is 0.620. The van der Waals surface area contributed by atoms with Gasteiger partial charge in [0.25, 0.3) is 0 Å². The molecule has 96 valence electrons. The van der Waals surface area contributed by atoms with Gasteiger partial charge in [-0.15, -0.1) is 0 Å². The van der Waals surface area contributed by atoms with Gasteiger partial charge in [-0.2, -0.15) is 0 Å². The number of hydrogen-bond acceptors (Lipinski definition) is 0. The summed E-state index contributed by atoms with van der Waals surface area (Å²) >= 11 is 0. The molecule has 1 heterocycles. The Morgan fingerprint density at radius 2 is 1.47 bits per heavy atom. The second kappa shape index (κ2) is 4.27. The van der Waals surface area contributed by atoms with Crippen LogP contribution in [0.5, 0.6) is 0 Å². The number of hydrogen-bond donors (Lipinski definition) is 1. The fourth-order valence-corrected chi connectivity index (χ4v) is 2.59. The summed E-state index contributed by atoms with van der Waals surface area (Å²) in [7, 11) is 0. The van der Waals surface area contributed by atoms with Gasteiger partial charge in [0.15, 0.2) is 0 Å². The lowest BCUT2D eigenvalue weighted by atomic mass is 9.99. The standard InChI is InChI=1S/C18H19N/c1-11-5-6-15-10-18(19-17(15)7-11)16-8-12(2)14(4)13(3)9-16/h5-10,19H,1-4H3. The van der Waals surface area contributed by atoms with Crippen molar-refractivity contribution in [1.29, 1.82) is 0 Å². The predicted molar refractivity (Wildman–Crippen MR) is 82.7 cm³/mol. The van der Waals surface area contributed by atoms with Gasteiger partial charge in [-0.1, -0.05) is 12.1 Å². The van der Waals surface area contributed by atoms with Crippen LogP contribution in [0.1, 0.15) is 22.3 Å². The van der Waals surface area contributed by atoms with Gasteiger partial charge in [-0.05, 0) is 79.8 Å². The molecular weight excluding hydrogens is 230 g/mol. The van der Waals surface area contributed by atoms with Gasteiger partial charge in [0.1, 0.15) is 0 Å². The number of aromatic amines is 1. The van der Waals surface area contributed by atoms with E-state index in [0.29, 0.717) is 0 Å². The van der Waals surface area contributed by atoms with E-state index in [1.807, 2.05) is 0 Å². The van der Waals surface area contributed by atoms with Crippen LogP contribution in [0.2, 0.25) is 0 Å². The minimum absolute atomic E-state index is 1.20. The van der Waals surface area contributed by atoms with E-state index in [4.69, 9.17) is 0 Å². The topological polar surface area (TPSA) is 15.8 Å². The normalized spacial score (nSPS) is 11.2. The molecule has 19 heavy (non-hydrogen) atoms. The Kier molecular flexibility index (Phi) is 2.70. The molecule has 0 fully saturated rings. The first-order valence-corrected chi connectivity index (χ1v) is 6.72. The summed E-state index contributed by atoms with van der Waals surface area (Å²) in [6.45, 7) is 8.67. The summed E-state index contributed by atoms with van der Waals surface area (Å²) in [5, 5.41) is 1.27. The van der Waals surface area contributed by atoms with Crippen molar-refractivity contribution in [2.75, 3.05) is 0 Å². The maximum atomic E-state index is 3.53. The smallest absolute Gasteiger partial charge is 0.0464 e. The van der Waals surface area contributed by atoms with Gasteiger partial charge in [0, 0.05) is 16.6 Å². The molecule has 1 N–H and O–H groups in total. The van der Waals surface area contributed by atoms with Crippen molar-refractivity contribution in [2.24, 2.45) is 0 Å². The summed E-state index contributed by atoms with van der Waals surface area (Å²) in [6, 6.07) is 13.3. The summed E-state index contributed by atoms with van der Waals surface area (Å²) < 4.78 is 0. The number of fused-ring (bicyclic) bond motifs is 1. The van der Waals surface area contributed by atoms with Gasteiger partial charge >= 0.3 is 0 Å². The lowest BCUT2D eigenvalue weighted by Gasteiger charge is -2.07. The van der Waals surface area contributed by atoms with Gasteiger partial charge < -0.3 is 4.98 Å². The highest BCUT2D eigenvalue weighted by Crippen LogP contribution is 2.27. The third-order valence-corrected chi connectivity index (χ3v) is 4.02. The van der Waals surface area contributed by atoms with Crippen LogP contribution in [0, 0.1) is 27.7 Å². The molecular formula is C18H19N. The van der Waals surface area contributed by atoms with Crippen molar-refractivity contribution >= 4 is 10.9 Å². The summed E-state index contributed by atoms with van der Waals surface area (Å²) in [5.41, 5.74) is 9.06. The van der Waals surface area contributed by atoms with Crippen LogP contribution in [0.3, 0.4) is 0 Å². The second-order valence-electron chi connectivity index (χ2n) is 5.51. The van der Waals surface area contributed by atoms with Crippen LogP contribution < -0.4 is 0 Å². The highest BCUT2D eigenvalue weighted by atomic mass is 14.7. The molecule has 0 saturated heterocycles. The Balaban J connectivity index is 2.19. The molecule has 0 bridgehead atoms. The number of aryl methyl sites for hydroxylation is 3. The molecule has 0 spiro atoms. The van der Waals surface area contributed by atoms with Crippen molar-refractivity contribution in [2.45, 2.75) is 27.7 Å². The zero-order chi connectivity index (χ0) is 13.6. The van der Waals surface area contributed by atoms with E-state index < -0.39 is 0 Å². The highest BCUT2D eigenvalue weighted by molar-refractivity contribution is 5.86. The van der Waals surface area contributed by atoms with E-state index in [1.54, 1.807) is 0 Å². The number of rotatable bonds is 1. The van der Waals surface area contributed by atoms with Gasteiger partial charge in [0.2, 0.25) is 0 Å². The summed E-state index contributed by atoms with van der Waals surface area (Å²) in [5.74, 6) is 0. The molecule has 3 rings (SSSR count). The molecule has 0 aliphatic heterocycles. The van der Waals surface area contributed by atoms with Gasteiger partial charge in [0.05, 0.1) is 0 Å². The molecule has 0 aliphatic rings. The molecule has 0 radical (unpaired) electrons. The number of H-pyrrole nitrogens is 1. The van der Waals surface area contributed by atoms with Crippen molar-refractivity contribution in [1.82, 2.24) is 4.98 Å². The van der Waals surface area contributed by atoms with Crippen LogP contribution in [0.4, 0.5) is 0 Å². The Morgan fingerprint density at radius 1 is 0.789 bits per heavy atom. The second-order valence-corrected chi connectivity index (χ2v) is 5.51. The molecule has 1 aromatic heterocycles. The van der Waals surface area contributed by atoms with E-state index in [2.05, 4.69) is 69.1 Å². The zero-order valence-electron chi connectivity index (χ0n) is 12.0. The maximum Gasteiger partial charge on any atom is 0.0464 e. The van der Waals surface area contributed by atoms with Crippen LogP contribution in [-0.2, 0) is 0 Å². The van der Waals surface area contributed by atoms with Gasteiger partial charge in [-0.3, -0.25) is 0 Å². The fraction of sp³-hybridized carbons (Fsp3) is 0.222. The Bertz CT molecular complexity index is 739. The minimum Gasteiger partial charge on any atom is -0.355 e. The average molecular weight is 249 g/mol. The molecule has 2 aromatic carbocycles. The van der Waals surface area contributed by atoms with E-state index in [0.717, 1.165) is 0 Å².